The number of carboxylic acid groups (broad SMARTS) is 1. The van der Waals surface area contributed by atoms with E-state index in [4.69, 9.17) is 27.9 Å². The molecule has 3 atom stereocenters. The lowest BCUT2D eigenvalue weighted by Gasteiger charge is -2.31. The number of carbonyl (C=O) groups excluding carboxylic acids is 1. The number of amides is 1. The molecule has 1 amide bonds. The number of rotatable bonds is 5. The van der Waals surface area contributed by atoms with E-state index in [1.165, 1.54) is 19.1 Å². The maximum absolute atomic E-state index is 15.1. The highest BCUT2D eigenvalue weighted by Gasteiger charge is 2.42. The van der Waals surface area contributed by atoms with Crippen LogP contribution < -0.4 is 5.32 Å². The van der Waals surface area contributed by atoms with Crippen LogP contribution in [0.15, 0.2) is 35.9 Å². The van der Waals surface area contributed by atoms with E-state index >= 15 is 4.39 Å². The van der Waals surface area contributed by atoms with Crippen LogP contribution >= 0.6 is 23.2 Å². The standard InChI is InChI=1S/C24H22Cl2FNO4/c1-12(23(30)31)14-3-5-18(20(27)9-14)24(7-8-32-11-24)28-22(29)16-10-17-15(13(16)2)4-6-19(25)21(17)26/h3-6,9-10,12-13H,7-8,11H2,1-2H3,(H,28,29)(H,30,31). The summed E-state index contributed by atoms with van der Waals surface area (Å²) in [5.74, 6) is -3.00. The minimum atomic E-state index is -1.05. The molecule has 1 fully saturated rings. The smallest absolute Gasteiger partial charge is 0.310 e. The van der Waals surface area contributed by atoms with Crippen molar-refractivity contribution in [3.05, 3.63) is 74.0 Å². The fraction of sp³-hybridized carbons (Fsp3) is 0.333. The third kappa shape index (κ3) is 3.81. The monoisotopic (exact) mass is 477 g/mol. The normalized spacial score (nSPS) is 22.9. The van der Waals surface area contributed by atoms with Gasteiger partial charge in [0, 0.05) is 30.1 Å². The lowest BCUT2D eigenvalue weighted by molar-refractivity contribution is -0.138. The Bertz CT molecular complexity index is 1140. The largest absolute Gasteiger partial charge is 0.481 e. The van der Waals surface area contributed by atoms with Crippen LogP contribution in [0.2, 0.25) is 10.0 Å². The molecule has 5 nitrogen and oxygen atoms in total. The first kappa shape index (κ1) is 22.8. The summed E-state index contributed by atoms with van der Waals surface area (Å²) in [6, 6.07) is 7.89. The van der Waals surface area contributed by atoms with Crippen LogP contribution in [0.25, 0.3) is 6.08 Å². The predicted octanol–water partition coefficient (Wildman–Crippen LogP) is 5.25. The van der Waals surface area contributed by atoms with Gasteiger partial charge in [-0.2, -0.15) is 0 Å². The van der Waals surface area contributed by atoms with Gasteiger partial charge in [0.25, 0.3) is 0 Å². The fourth-order valence-corrected chi connectivity index (χ4v) is 4.77. The van der Waals surface area contributed by atoms with Gasteiger partial charge in [0.1, 0.15) is 5.82 Å². The SMILES string of the molecule is CC(C(=O)O)c1ccc(C2(NC(=O)C3=Cc4c(ccc(Cl)c4Cl)C3C)CCOC2)c(F)c1. The van der Waals surface area contributed by atoms with Crippen LogP contribution in [0.4, 0.5) is 4.39 Å². The van der Waals surface area contributed by atoms with E-state index < -0.39 is 23.2 Å². The number of aliphatic carboxylic acids is 1. The average molecular weight is 478 g/mol. The summed E-state index contributed by atoms with van der Waals surface area (Å²) < 4.78 is 20.7. The predicted molar refractivity (Wildman–Crippen MR) is 121 cm³/mol. The Morgan fingerprint density at radius 2 is 2.03 bits per heavy atom. The van der Waals surface area contributed by atoms with Gasteiger partial charge in [0.2, 0.25) is 5.91 Å². The van der Waals surface area contributed by atoms with Crippen molar-refractivity contribution in [1.82, 2.24) is 5.32 Å². The molecule has 1 saturated heterocycles. The van der Waals surface area contributed by atoms with Crippen molar-refractivity contribution in [2.24, 2.45) is 0 Å². The number of fused-ring (bicyclic) bond motifs is 1. The highest BCUT2D eigenvalue weighted by molar-refractivity contribution is 6.43. The Morgan fingerprint density at radius 1 is 1.28 bits per heavy atom. The van der Waals surface area contributed by atoms with Crippen molar-refractivity contribution in [1.29, 1.82) is 0 Å². The molecule has 1 aliphatic heterocycles. The molecule has 2 N–H and O–H groups in total. The summed E-state index contributed by atoms with van der Waals surface area (Å²) in [6.45, 7) is 3.88. The third-order valence-corrected chi connectivity index (χ3v) is 7.23. The van der Waals surface area contributed by atoms with Gasteiger partial charge < -0.3 is 15.2 Å². The molecule has 0 radical (unpaired) electrons. The van der Waals surface area contributed by atoms with Crippen molar-refractivity contribution in [3.8, 4) is 0 Å². The molecule has 1 heterocycles. The molecule has 168 valence electrons. The van der Waals surface area contributed by atoms with E-state index in [1.807, 2.05) is 13.0 Å². The molecular formula is C24H22Cl2FNO4. The molecule has 0 saturated carbocycles. The number of hydrogen-bond donors (Lipinski definition) is 2. The quantitative estimate of drug-likeness (QED) is 0.616. The Hall–Kier alpha value is -2.41. The Morgan fingerprint density at radius 3 is 2.66 bits per heavy atom. The molecule has 2 aromatic rings. The van der Waals surface area contributed by atoms with Crippen molar-refractivity contribution in [2.45, 2.75) is 37.6 Å². The molecule has 2 aliphatic rings. The van der Waals surface area contributed by atoms with E-state index in [-0.39, 0.29) is 24.0 Å². The first-order valence-electron chi connectivity index (χ1n) is 10.3. The number of ether oxygens (including phenoxy) is 1. The van der Waals surface area contributed by atoms with Crippen molar-refractivity contribution in [3.63, 3.8) is 0 Å². The summed E-state index contributed by atoms with van der Waals surface area (Å²) in [5.41, 5.74) is 1.70. The molecule has 4 rings (SSSR count). The maximum Gasteiger partial charge on any atom is 0.310 e. The zero-order chi connectivity index (χ0) is 23.2. The highest BCUT2D eigenvalue weighted by Crippen LogP contribution is 2.43. The van der Waals surface area contributed by atoms with Gasteiger partial charge in [-0.15, -0.1) is 0 Å². The second kappa shape index (κ2) is 8.50. The lowest BCUT2D eigenvalue weighted by atomic mass is 9.86. The van der Waals surface area contributed by atoms with Crippen LogP contribution in [0.5, 0.6) is 0 Å². The number of benzene rings is 2. The number of carboxylic acids is 1. The molecule has 0 bridgehead atoms. The highest BCUT2D eigenvalue weighted by atomic mass is 35.5. The topological polar surface area (TPSA) is 75.6 Å². The lowest BCUT2D eigenvalue weighted by Crippen LogP contribution is -2.47. The van der Waals surface area contributed by atoms with E-state index in [1.54, 1.807) is 18.2 Å². The minimum Gasteiger partial charge on any atom is -0.481 e. The molecule has 3 unspecified atom stereocenters. The van der Waals surface area contributed by atoms with Crippen molar-refractivity contribution in [2.75, 3.05) is 13.2 Å². The molecule has 2 aromatic carbocycles. The molecular weight excluding hydrogens is 456 g/mol. The molecule has 32 heavy (non-hydrogen) atoms. The maximum atomic E-state index is 15.1. The minimum absolute atomic E-state index is 0.116. The van der Waals surface area contributed by atoms with E-state index in [0.717, 1.165) is 5.56 Å². The zero-order valence-corrected chi connectivity index (χ0v) is 19.1. The van der Waals surface area contributed by atoms with Gasteiger partial charge in [-0.25, -0.2) is 4.39 Å². The van der Waals surface area contributed by atoms with Crippen LogP contribution in [0.1, 0.15) is 54.4 Å². The Labute approximate surface area is 195 Å². The van der Waals surface area contributed by atoms with Crippen LogP contribution in [0, 0.1) is 5.82 Å². The summed E-state index contributed by atoms with van der Waals surface area (Å²) in [6.07, 6.45) is 2.12. The van der Waals surface area contributed by atoms with Crippen molar-refractivity contribution >= 4 is 41.2 Å². The summed E-state index contributed by atoms with van der Waals surface area (Å²) in [5, 5.41) is 13.0. The first-order chi connectivity index (χ1) is 15.1. The van der Waals surface area contributed by atoms with E-state index in [9.17, 15) is 14.7 Å². The van der Waals surface area contributed by atoms with E-state index in [0.29, 0.717) is 39.8 Å². The number of halogens is 3. The van der Waals surface area contributed by atoms with Crippen molar-refractivity contribution < 1.29 is 23.8 Å². The van der Waals surface area contributed by atoms with Crippen LogP contribution in [-0.2, 0) is 19.9 Å². The molecule has 0 spiro atoms. The zero-order valence-electron chi connectivity index (χ0n) is 17.5. The first-order valence-corrected chi connectivity index (χ1v) is 11.0. The Balaban J connectivity index is 1.65. The Kier molecular flexibility index (Phi) is 6.05. The van der Waals surface area contributed by atoms with E-state index in [2.05, 4.69) is 5.32 Å². The summed E-state index contributed by atoms with van der Waals surface area (Å²) in [4.78, 5) is 24.6. The number of nitrogens with one attached hydrogen (secondary N) is 1. The van der Waals surface area contributed by atoms with Gasteiger partial charge in [-0.05, 0) is 41.8 Å². The molecule has 8 heteroatoms. The van der Waals surface area contributed by atoms with Gasteiger partial charge in [0.05, 0.1) is 28.1 Å². The van der Waals surface area contributed by atoms with Crippen LogP contribution in [0.3, 0.4) is 0 Å². The molecule has 0 aromatic heterocycles. The summed E-state index contributed by atoms with van der Waals surface area (Å²) in [7, 11) is 0. The van der Waals surface area contributed by atoms with Gasteiger partial charge >= 0.3 is 5.97 Å². The fourth-order valence-electron chi connectivity index (χ4n) is 4.38. The van der Waals surface area contributed by atoms with Gasteiger partial charge in [-0.3, -0.25) is 9.59 Å². The summed E-state index contributed by atoms with van der Waals surface area (Å²) >= 11 is 12.5. The number of carbonyl (C=O) groups is 2. The van der Waals surface area contributed by atoms with Gasteiger partial charge in [0.15, 0.2) is 0 Å². The second-order valence-corrected chi connectivity index (χ2v) is 9.11. The third-order valence-electron chi connectivity index (χ3n) is 6.41. The van der Waals surface area contributed by atoms with Crippen LogP contribution in [-0.4, -0.2) is 30.2 Å². The number of hydrogen-bond acceptors (Lipinski definition) is 3. The van der Waals surface area contributed by atoms with Gasteiger partial charge in [-0.1, -0.05) is 48.3 Å². The molecule has 1 aliphatic carbocycles. The average Bonchev–Trinajstić information content (AvgIpc) is 3.35. The second-order valence-electron chi connectivity index (χ2n) is 8.32.